The van der Waals surface area contributed by atoms with E-state index in [2.05, 4.69) is 10.1 Å². The van der Waals surface area contributed by atoms with Crippen LogP contribution in [0.3, 0.4) is 0 Å². The third kappa shape index (κ3) is 6.11. The lowest BCUT2D eigenvalue weighted by Crippen LogP contribution is -2.55. The van der Waals surface area contributed by atoms with Crippen molar-refractivity contribution in [1.29, 1.82) is 0 Å². The summed E-state index contributed by atoms with van der Waals surface area (Å²) in [6.45, 7) is 7.88. The minimum Gasteiger partial charge on any atom is -0.467 e. The van der Waals surface area contributed by atoms with Crippen LogP contribution < -0.4 is 5.32 Å². The molecule has 6 heteroatoms. The summed E-state index contributed by atoms with van der Waals surface area (Å²) in [4.78, 5) is 22.9. The predicted molar refractivity (Wildman–Crippen MR) is 61.5 cm³/mol. The molecule has 0 spiro atoms. The van der Waals surface area contributed by atoms with Gasteiger partial charge in [0.15, 0.2) is 6.04 Å². The second-order valence-corrected chi connectivity index (χ2v) is 5.26. The standard InChI is InChI=1S/C11H21NO5/c1-10(2,3)17-9(14)12-7(8(13)16-6)11(4,5)15/h7,15H,1-6H3,(H,12,14)/t7-/m0/s1. The molecule has 0 aliphatic carbocycles. The van der Waals surface area contributed by atoms with Gasteiger partial charge in [0.05, 0.1) is 12.7 Å². The number of ether oxygens (including phenoxy) is 2. The van der Waals surface area contributed by atoms with Crippen molar-refractivity contribution in [1.82, 2.24) is 5.32 Å². The molecule has 100 valence electrons. The van der Waals surface area contributed by atoms with Crippen LogP contribution in [-0.2, 0) is 14.3 Å². The van der Waals surface area contributed by atoms with Gasteiger partial charge in [-0.2, -0.15) is 0 Å². The minimum absolute atomic E-state index is 0.676. The molecule has 0 bridgehead atoms. The molecule has 2 N–H and O–H groups in total. The predicted octanol–water partition coefficient (Wildman–Crippen LogP) is 0.824. The maximum atomic E-state index is 11.5. The second kappa shape index (κ2) is 5.35. The molecular formula is C11H21NO5. The molecule has 0 rings (SSSR count). The monoisotopic (exact) mass is 247 g/mol. The average Bonchev–Trinajstić information content (AvgIpc) is 2.08. The quantitative estimate of drug-likeness (QED) is 0.721. The molecule has 0 saturated heterocycles. The Morgan fingerprint density at radius 2 is 1.65 bits per heavy atom. The molecule has 1 amide bonds. The van der Waals surface area contributed by atoms with Gasteiger partial charge >= 0.3 is 12.1 Å². The molecule has 0 saturated carbocycles. The third-order valence-electron chi connectivity index (χ3n) is 1.80. The normalized spacial score (nSPS) is 13.8. The molecule has 0 unspecified atom stereocenters. The summed E-state index contributed by atoms with van der Waals surface area (Å²) in [7, 11) is 1.18. The van der Waals surface area contributed by atoms with Crippen LogP contribution in [0.2, 0.25) is 0 Å². The van der Waals surface area contributed by atoms with Crippen LogP contribution in [0, 0.1) is 0 Å². The highest BCUT2D eigenvalue weighted by molar-refractivity contribution is 5.82. The van der Waals surface area contributed by atoms with Gasteiger partial charge < -0.3 is 19.9 Å². The maximum Gasteiger partial charge on any atom is 0.408 e. The molecule has 0 heterocycles. The van der Waals surface area contributed by atoms with Gasteiger partial charge in [0.1, 0.15) is 5.60 Å². The highest BCUT2D eigenvalue weighted by atomic mass is 16.6. The Labute approximate surface area is 101 Å². The first-order valence-electron chi connectivity index (χ1n) is 5.27. The largest absolute Gasteiger partial charge is 0.467 e. The maximum absolute atomic E-state index is 11.5. The van der Waals surface area contributed by atoms with Gasteiger partial charge in [0.25, 0.3) is 0 Å². The van der Waals surface area contributed by atoms with Crippen LogP contribution in [0.25, 0.3) is 0 Å². The SMILES string of the molecule is COC(=O)[C@H](NC(=O)OC(C)(C)C)C(C)(C)O. The molecule has 0 aliphatic heterocycles. The first-order chi connectivity index (χ1) is 7.47. The summed E-state index contributed by atoms with van der Waals surface area (Å²) in [5, 5.41) is 12.0. The van der Waals surface area contributed by atoms with Crippen molar-refractivity contribution in [2.24, 2.45) is 0 Å². The number of aliphatic hydroxyl groups is 1. The summed E-state index contributed by atoms with van der Waals surface area (Å²) < 4.78 is 9.49. The number of amides is 1. The summed E-state index contributed by atoms with van der Waals surface area (Å²) in [6, 6.07) is -1.18. The fraction of sp³-hybridized carbons (Fsp3) is 0.818. The number of carbonyl (C=O) groups excluding carboxylic acids is 2. The lowest BCUT2D eigenvalue weighted by molar-refractivity contribution is -0.149. The zero-order valence-electron chi connectivity index (χ0n) is 11.2. The van der Waals surface area contributed by atoms with Crippen LogP contribution in [0.5, 0.6) is 0 Å². The number of carbonyl (C=O) groups is 2. The lowest BCUT2D eigenvalue weighted by atomic mass is 9.99. The molecule has 0 aliphatic rings. The van der Waals surface area contributed by atoms with E-state index in [0.29, 0.717) is 0 Å². The molecular weight excluding hydrogens is 226 g/mol. The number of hydrogen-bond acceptors (Lipinski definition) is 5. The van der Waals surface area contributed by atoms with Crippen molar-refractivity contribution >= 4 is 12.1 Å². The van der Waals surface area contributed by atoms with Gasteiger partial charge in [0, 0.05) is 0 Å². The Bertz CT molecular complexity index is 287. The van der Waals surface area contributed by atoms with E-state index in [0.717, 1.165) is 0 Å². The van der Waals surface area contributed by atoms with Crippen LogP contribution >= 0.6 is 0 Å². The lowest BCUT2D eigenvalue weighted by Gasteiger charge is -2.29. The molecule has 6 nitrogen and oxygen atoms in total. The van der Waals surface area contributed by atoms with Gasteiger partial charge in [0.2, 0.25) is 0 Å². The summed E-state index contributed by atoms with van der Waals surface area (Å²) in [6.07, 6.45) is -0.782. The molecule has 17 heavy (non-hydrogen) atoms. The molecule has 0 fully saturated rings. The van der Waals surface area contributed by atoms with Crippen LogP contribution in [0.1, 0.15) is 34.6 Å². The fourth-order valence-corrected chi connectivity index (χ4v) is 1.07. The van der Waals surface area contributed by atoms with E-state index in [1.807, 2.05) is 0 Å². The van der Waals surface area contributed by atoms with Gasteiger partial charge in [-0.05, 0) is 34.6 Å². The summed E-state index contributed by atoms with van der Waals surface area (Å²) in [5.41, 5.74) is -2.12. The molecule has 0 aromatic rings. The van der Waals surface area contributed by atoms with Crippen molar-refractivity contribution in [3.8, 4) is 0 Å². The fourth-order valence-electron chi connectivity index (χ4n) is 1.07. The Kier molecular flexibility index (Phi) is 4.94. The van der Waals surface area contributed by atoms with E-state index in [-0.39, 0.29) is 0 Å². The van der Waals surface area contributed by atoms with E-state index in [1.165, 1.54) is 21.0 Å². The van der Waals surface area contributed by atoms with E-state index in [1.54, 1.807) is 20.8 Å². The molecule has 0 aromatic carbocycles. The first-order valence-corrected chi connectivity index (χ1v) is 5.27. The van der Waals surface area contributed by atoms with Crippen molar-refractivity contribution < 1.29 is 24.2 Å². The van der Waals surface area contributed by atoms with Crippen molar-refractivity contribution in [2.45, 2.75) is 51.9 Å². The van der Waals surface area contributed by atoms with E-state index >= 15 is 0 Å². The van der Waals surface area contributed by atoms with Crippen molar-refractivity contribution in [3.63, 3.8) is 0 Å². The highest BCUT2D eigenvalue weighted by Crippen LogP contribution is 2.12. The zero-order valence-corrected chi connectivity index (χ0v) is 11.2. The number of rotatable bonds is 3. The van der Waals surface area contributed by atoms with Crippen LogP contribution in [-0.4, -0.2) is 41.5 Å². The summed E-state index contributed by atoms with van der Waals surface area (Å²) in [5.74, 6) is -0.733. The van der Waals surface area contributed by atoms with Crippen molar-refractivity contribution in [3.05, 3.63) is 0 Å². The number of hydrogen-bond donors (Lipinski definition) is 2. The average molecular weight is 247 g/mol. The Hall–Kier alpha value is -1.30. The molecule has 0 radical (unpaired) electrons. The summed E-state index contributed by atoms with van der Waals surface area (Å²) >= 11 is 0. The number of nitrogens with one attached hydrogen (secondary N) is 1. The number of methoxy groups -OCH3 is 1. The van der Waals surface area contributed by atoms with E-state index < -0.39 is 29.3 Å². The van der Waals surface area contributed by atoms with Gasteiger partial charge in [-0.3, -0.25) is 0 Å². The molecule has 0 aromatic heterocycles. The Morgan fingerprint density at radius 1 is 1.18 bits per heavy atom. The topological polar surface area (TPSA) is 84.9 Å². The minimum atomic E-state index is -1.44. The molecule has 1 atom stereocenters. The smallest absolute Gasteiger partial charge is 0.408 e. The van der Waals surface area contributed by atoms with Gasteiger partial charge in [-0.15, -0.1) is 0 Å². The van der Waals surface area contributed by atoms with Gasteiger partial charge in [-0.1, -0.05) is 0 Å². The second-order valence-electron chi connectivity index (χ2n) is 5.26. The number of alkyl carbamates (subject to hydrolysis) is 1. The van der Waals surface area contributed by atoms with E-state index in [4.69, 9.17) is 4.74 Å². The third-order valence-corrected chi connectivity index (χ3v) is 1.80. The first kappa shape index (κ1) is 15.7. The van der Waals surface area contributed by atoms with Crippen molar-refractivity contribution in [2.75, 3.05) is 7.11 Å². The number of esters is 1. The van der Waals surface area contributed by atoms with Crippen LogP contribution in [0.4, 0.5) is 4.79 Å². The van der Waals surface area contributed by atoms with Gasteiger partial charge in [-0.25, -0.2) is 9.59 Å². The van der Waals surface area contributed by atoms with Crippen LogP contribution in [0.15, 0.2) is 0 Å². The van der Waals surface area contributed by atoms with E-state index in [9.17, 15) is 14.7 Å². The Balaban J connectivity index is 4.67. The zero-order chi connectivity index (χ0) is 13.9. The highest BCUT2D eigenvalue weighted by Gasteiger charge is 2.36. The Morgan fingerprint density at radius 3 is 1.94 bits per heavy atom.